The summed E-state index contributed by atoms with van der Waals surface area (Å²) < 4.78 is 50.0. The molecule has 214 valence electrons. The molecular formula is C30H30BrFN4O4S. The molecule has 1 aromatic heterocycles. The second-order valence-electron chi connectivity index (χ2n) is 9.74. The van der Waals surface area contributed by atoms with E-state index in [-0.39, 0.29) is 23.9 Å². The maximum atomic E-state index is 13.5. The van der Waals surface area contributed by atoms with Crippen molar-refractivity contribution >= 4 is 48.2 Å². The van der Waals surface area contributed by atoms with E-state index in [1.807, 2.05) is 48.5 Å². The summed E-state index contributed by atoms with van der Waals surface area (Å²) in [5.74, 6) is 1.16. The van der Waals surface area contributed by atoms with E-state index in [9.17, 15) is 12.8 Å². The standard InChI is InChI=1S/C30H30BrFN4O4S/c1-2-41(37,38)14-12-33-19-30(11-4-13-40-30)22-7-9-27-25(16-22)29(35-20-34-27)36-24-8-10-28(26(31)17-24)39-18-21-5-3-6-23(32)15-21/h3-10,13,15-17,20,33H,2,11-12,14,18-19H2,1H3,(H,34,35,36). The third kappa shape index (κ3) is 7.03. The molecule has 0 amide bonds. The van der Waals surface area contributed by atoms with Crippen LogP contribution in [0.4, 0.5) is 15.9 Å². The monoisotopic (exact) mass is 640 g/mol. The number of rotatable bonds is 12. The smallest absolute Gasteiger partial charge is 0.151 e. The van der Waals surface area contributed by atoms with Gasteiger partial charge >= 0.3 is 0 Å². The van der Waals surface area contributed by atoms with Gasteiger partial charge in [-0.3, -0.25) is 0 Å². The Labute approximate surface area is 247 Å². The van der Waals surface area contributed by atoms with Crippen molar-refractivity contribution in [1.82, 2.24) is 15.3 Å². The highest BCUT2D eigenvalue weighted by Gasteiger charge is 2.35. The van der Waals surface area contributed by atoms with Crippen molar-refractivity contribution in [2.75, 3.05) is 29.9 Å². The molecule has 1 atom stereocenters. The fourth-order valence-corrected chi connectivity index (χ4v) is 5.83. The summed E-state index contributed by atoms with van der Waals surface area (Å²) in [4.78, 5) is 8.93. The summed E-state index contributed by atoms with van der Waals surface area (Å²) in [5.41, 5.74) is 2.56. The number of ether oxygens (including phenoxy) is 2. The Bertz CT molecular complexity index is 1670. The van der Waals surface area contributed by atoms with Crippen LogP contribution in [0.25, 0.3) is 10.9 Å². The van der Waals surface area contributed by atoms with Gasteiger partial charge in [0.05, 0.1) is 22.0 Å². The van der Waals surface area contributed by atoms with Gasteiger partial charge in [-0.05, 0) is 75.6 Å². The first-order chi connectivity index (χ1) is 19.8. The zero-order valence-electron chi connectivity index (χ0n) is 22.4. The second kappa shape index (κ2) is 12.5. The van der Waals surface area contributed by atoms with Crippen LogP contribution >= 0.6 is 15.9 Å². The summed E-state index contributed by atoms with van der Waals surface area (Å²) in [6, 6.07) is 17.8. The summed E-state index contributed by atoms with van der Waals surface area (Å²) in [6.45, 7) is 2.69. The third-order valence-corrected chi connectivity index (χ3v) is 9.24. The zero-order valence-corrected chi connectivity index (χ0v) is 24.8. The minimum absolute atomic E-state index is 0.0802. The number of anilines is 2. The van der Waals surface area contributed by atoms with E-state index in [0.29, 0.717) is 31.1 Å². The summed E-state index contributed by atoms with van der Waals surface area (Å²) in [7, 11) is -3.06. The molecule has 0 fully saturated rings. The molecule has 2 heterocycles. The third-order valence-electron chi connectivity index (χ3n) is 6.92. The van der Waals surface area contributed by atoms with Crippen molar-refractivity contribution in [3.8, 4) is 5.75 Å². The number of hydrogen-bond acceptors (Lipinski definition) is 8. The van der Waals surface area contributed by atoms with Crippen molar-refractivity contribution in [3.63, 3.8) is 0 Å². The van der Waals surface area contributed by atoms with Crippen LogP contribution in [0.15, 0.2) is 83.8 Å². The van der Waals surface area contributed by atoms with Crippen LogP contribution in [0.5, 0.6) is 5.75 Å². The first-order valence-electron chi connectivity index (χ1n) is 13.2. The Kier molecular flexibility index (Phi) is 8.86. The molecule has 1 aliphatic rings. The Morgan fingerprint density at radius 2 is 2.00 bits per heavy atom. The molecule has 0 aliphatic carbocycles. The quantitative estimate of drug-likeness (QED) is 0.182. The highest BCUT2D eigenvalue weighted by Crippen LogP contribution is 2.37. The number of halogens is 2. The van der Waals surface area contributed by atoms with Crippen LogP contribution in [0.2, 0.25) is 0 Å². The van der Waals surface area contributed by atoms with Gasteiger partial charge in [0.1, 0.15) is 35.9 Å². The number of nitrogens with one attached hydrogen (secondary N) is 2. The molecule has 2 N–H and O–H groups in total. The topological polar surface area (TPSA) is 102 Å². The molecule has 0 saturated heterocycles. The molecule has 8 nitrogen and oxygen atoms in total. The molecule has 1 unspecified atom stereocenters. The van der Waals surface area contributed by atoms with E-state index >= 15 is 0 Å². The number of fused-ring (bicyclic) bond motifs is 1. The van der Waals surface area contributed by atoms with Gasteiger partial charge in [0, 0.05) is 36.3 Å². The molecule has 11 heteroatoms. The summed E-state index contributed by atoms with van der Waals surface area (Å²) in [5, 5.41) is 7.46. The van der Waals surface area contributed by atoms with Crippen LogP contribution in [0.1, 0.15) is 24.5 Å². The zero-order chi connectivity index (χ0) is 28.9. The molecule has 0 radical (unpaired) electrons. The normalized spacial score (nSPS) is 16.6. The lowest BCUT2D eigenvalue weighted by Gasteiger charge is -2.30. The molecule has 0 bridgehead atoms. The van der Waals surface area contributed by atoms with Crippen molar-refractivity contribution in [3.05, 3.63) is 101 Å². The van der Waals surface area contributed by atoms with E-state index in [4.69, 9.17) is 9.47 Å². The number of sulfone groups is 1. The minimum Gasteiger partial charge on any atom is -0.489 e. The van der Waals surface area contributed by atoms with E-state index < -0.39 is 15.4 Å². The van der Waals surface area contributed by atoms with Crippen molar-refractivity contribution in [2.24, 2.45) is 0 Å². The lowest BCUT2D eigenvalue weighted by Crippen LogP contribution is -2.39. The van der Waals surface area contributed by atoms with Crippen LogP contribution in [-0.2, 0) is 26.8 Å². The van der Waals surface area contributed by atoms with Crippen LogP contribution in [0, 0.1) is 5.82 Å². The summed E-state index contributed by atoms with van der Waals surface area (Å²) in [6.07, 6.45) is 5.80. The average Bonchev–Trinajstić information content (AvgIpc) is 3.45. The van der Waals surface area contributed by atoms with E-state index in [0.717, 1.165) is 32.2 Å². The SMILES string of the molecule is CCS(=O)(=O)CCNCC1(c2ccc3ncnc(Nc4ccc(OCc5cccc(F)c5)c(Br)c4)c3c2)CC=CO1. The average molecular weight is 642 g/mol. The predicted molar refractivity (Wildman–Crippen MR) is 161 cm³/mol. The van der Waals surface area contributed by atoms with E-state index in [2.05, 4.69) is 36.5 Å². The molecular weight excluding hydrogens is 611 g/mol. The molecule has 5 rings (SSSR count). The van der Waals surface area contributed by atoms with Gasteiger partial charge in [-0.15, -0.1) is 0 Å². The van der Waals surface area contributed by atoms with Crippen molar-refractivity contribution in [1.29, 1.82) is 0 Å². The Hall–Kier alpha value is -3.54. The van der Waals surface area contributed by atoms with Gasteiger partial charge in [0.15, 0.2) is 9.84 Å². The fraction of sp³-hybridized carbons (Fsp3) is 0.267. The highest BCUT2D eigenvalue weighted by molar-refractivity contribution is 9.10. The number of aromatic nitrogens is 2. The first-order valence-corrected chi connectivity index (χ1v) is 15.8. The molecule has 4 aromatic rings. The molecule has 3 aromatic carbocycles. The lowest BCUT2D eigenvalue weighted by molar-refractivity contribution is 0.0419. The maximum Gasteiger partial charge on any atom is 0.151 e. The van der Waals surface area contributed by atoms with Crippen molar-refractivity contribution in [2.45, 2.75) is 25.6 Å². The van der Waals surface area contributed by atoms with Gasteiger partial charge in [-0.25, -0.2) is 22.8 Å². The van der Waals surface area contributed by atoms with Gasteiger partial charge in [-0.1, -0.05) is 25.1 Å². The maximum absolute atomic E-state index is 13.5. The van der Waals surface area contributed by atoms with Crippen LogP contribution in [0.3, 0.4) is 0 Å². The van der Waals surface area contributed by atoms with Crippen LogP contribution < -0.4 is 15.4 Å². The van der Waals surface area contributed by atoms with Gasteiger partial charge in [-0.2, -0.15) is 0 Å². The summed E-state index contributed by atoms with van der Waals surface area (Å²) >= 11 is 3.57. The Balaban J connectivity index is 1.33. The molecule has 0 saturated carbocycles. The Morgan fingerprint density at radius 3 is 2.76 bits per heavy atom. The van der Waals surface area contributed by atoms with E-state index in [1.165, 1.54) is 18.5 Å². The van der Waals surface area contributed by atoms with Gasteiger partial charge in [0.2, 0.25) is 0 Å². The molecule has 41 heavy (non-hydrogen) atoms. The van der Waals surface area contributed by atoms with Crippen LogP contribution in [-0.4, -0.2) is 43.0 Å². The molecule has 1 aliphatic heterocycles. The Morgan fingerprint density at radius 1 is 1.12 bits per heavy atom. The second-order valence-corrected chi connectivity index (χ2v) is 13.1. The number of nitrogens with zero attached hydrogens (tertiary/aromatic N) is 2. The fourth-order valence-electron chi connectivity index (χ4n) is 4.59. The van der Waals surface area contributed by atoms with Gasteiger partial charge < -0.3 is 20.1 Å². The number of hydrogen-bond donors (Lipinski definition) is 2. The van der Waals surface area contributed by atoms with Gasteiger partial charge in [0.25, 0.3) is 0 Å². The van der Waals surface area contributed by atoms with Crippen molar-refractivity contribution < 1.29 is 22.3 Å². The predicted octanol–water partition coefficient (Wildman–Crippen LogP) is 6.01. The minimum atomic E-state index is -3.06. The largest absolute Gasteiger partial charge is 0.489 e. The van der Waals surface area contributed by atoms with E-state index in [1.54, 1.807) is 19.3 Å². The lowest BCUT2D eigenvalue weighted by atomic mass is 9.90. The molecule has 0 spiro atoms. The number of benzene rings is 3. The highest BCUT2D eigenvalue weighted by atomic mass is 79.9. The first kappa shape index (κ1) is 29.0.